The number of hydrogen-bond donors (Lipinski definition) is 3. The third kappa shape index (κ3) is 4.60. The molecule has 6 heteroatoms. The van der Waals surface area contributed by atoms with E-state index in [2.05, 4.69) is 61.8 Å². The average Bonchev–Trinajstić information content (AvgIpc) is 3.22. The number of aromatic nitrogens is 3. The predicted molar refractivity (Wildman–Crippen MR) is 124 cm³/mol. The molecule has 0 saturated carbocycles. The van der Waals surface area contributed by atoms with Crippen molar-refractivity contribution < 1.29 is 5.11 Å². The minimum atomic E-state index is -0.145. The van der Waals surface area contributed by atoms with Gasteiger partial charge in [-0.05, 0) is 54.3 Å². The molecule has 5 rings (SSSR count). The van der Waals surface area contributed by atoms with Crippen molar-refractivity contribution in [3.63, 3.8) is 0 Å². The number of rotatable bonds is 6. The standard InChI is InChI=1S/C25H27N5O/c31-22-8-10-30(11-9-22)17-18-12-20(15-26-14-18)19-6-7-24-23(13-19)25(29-28-24)16-27-21-4-2-1-3-5-21/h1-7,12-15,22,27,31H,8-11,16-17H2,(H,28,29). The predicted octanol–water partition coefficient (Wildman–Crippen LogP) is 4.19. The number of anilines is 1. The molecule has 0 amide bonds. The van der Waals surface area contributed by atoms with Gasteiger partial charge in [-0.3, -0.25) is 15.0 Å². The number of H-pyrrole nitrogens is 1. The molecule has 0 atom stereocenters. The molecule has 2 aromatic heterocycles. The van der Waals surface area contributed by atoms with E-state index in [1.54, 1.807) is 0 Å². The van der Waals surface area contributed by atoms with Crippen LogP contribution in [0.25, 0.3) is 22.0 Å². The summed E-state index contributed by atoms with van der Waals surface area (Å²) in [6, 6.07) is 18.8. The highest BCUT2D eigenvalue weighted by Gasteiger charge is 2.17. The Morgan fingerprint density at radius 2 is 1.84 bits per heavy atom. The summed E-state index contributed by atoms with van der Waals surface area (Å²) in [7, 11) is 0. The number of benzene rings is 2. The van der Waals surface area contributed by atoms with Crippen molar-refractivity contribution in [3.05, 3.63) is 78.2 Å². The van der Waals surface area contributed by atoms with Crippen molar-refractivity contribution in [1.29, 1.82) is 0 Å². The van der Waals surface area contributed by atoms with Gasteiger partial charge in [0, 0.05) is 48.7 Å². The molecule has 0 unspecified atom stereocenters. The van der Waals surface area contributed by atoms with Crippen LogP contribution in [-0.4, -0.2) is 44.4 Å². The molecule has 1 saturated heterocycles. The van der Waals surface area contributed by atoms with Gasteiger partial charge in [-0.15, -0.1) is 0 Å². The normalized spacial score (nSPS) is 15.4. The Kier molecular flexibility index (Phi) is 5.65. The fourth-order valence-corrected chi connectivity index (χ4v) is 4.19. The minimum Gasteiger partial charge on any atom is -0.393 e. The van der Waals surface area contributed by atoms with Crippen LogP contribution in [-0.2, 0) is 13.1 Å². The van der Waals surface area contributed by atoms with Crippen LogP contribution in [0.4, 0.5) is 5.69 Å². The first-order valence-corrected chi connectivity index (χ1v) is 10.9. The zero-order valence-corrected chi connectivity index (χ0v) is 17.5. The molecule has 0 spiro atoms. The third-order valence-electron chi connectivity index (χ3n) is 5.97. The summed E-state index contributed by atoms with van der Waals surface area (Å²) in [5.41, 5.74) is 6.56. The maximum atomic E-state index is 9.73. The Balaban J connectivity index is 1.35. The van der Waals surface area contributed by atoms with Gasteiger partial charge in [0.2, 0.25) is 0 Å². The number of fused-ring (bicyclic) bond motifs is 1. The topological polar surface area (TPSA) is 77.1 Å². The quantitative estimate of drug-likeness (QED) is 0.442. The van der Waals surface area contributed by atoms with E-state index in [1.165, 1.54) is 5.56 Å². The fraction of sp³-hybridized carbons (Fsp3) is 0.280. The maximum Gasteiger partial charge on any atom is 0.0924 e. The van der Waals surface area contributed by atoms with Crippen LogP contribution >= 0.6 is 0 Å². The second-order valence-corrected chi connectivity index (χ2v) is 8.24. The molecule has 158 valence electrons. The number of hydrogen-bond acceptors (Lipinski definition) is 5. The third-order valence-corrected chi connectivity index (χ3v) is 5.97. The molecule has 4 aromatic rings. The molecular weight excluding hydrogens is 386 g/mol. The Hall–Kier alpha value is -3.22. The highest BCUT2D eigenvalue weighted by atomic mass is 16.3. The SMILES string of the molecule is OC1CCN(Cc2cncc(-c3ccc4n[nH]c(CNc5ccccc5)c4c3)c2)CC1. The van der Waals surface area contributed by atoms with Gasteiger partial charge < -0.3 is 10.4 Å². The van der Waals surface area contributed by atoms with Crippen LogP contribution in [0.5, 0.6) is 0 Å². The van der Waals surface area contributed by atoms with E-state index in [9.17, 15) is 5.11 Å². The summed E-state index contributed by atoms with van der Waals surface area (Å²) < 4.78 is 0. The van der Waals surface area contributed by atoms with E-state index in [1.807, 2.05) is 30.6 Å². The number of pyridine rings is 1. The molecule has 0 bridgehead atoms. The lowest BCUT2D eigenvalue weighted by molar-refractivity contribution is 0.0792. The van der Waals surface area contributed by atoms with Crippen LogP contribution in [0.15, 0.2) is 67.0 Å². The van der Waals surface area contributed by atoms with E-state index in [-0.39, 0.29) is 6.10 Å². The Morgan fingerprint density at radius 3 is 2.68 bits per heavy atom. The molecule has 3 N–H and O–H groups in total. The van der Waals surface area contributed by atoms with Gasteiger partial charge in [-0.25, -0.2) is 0 Å². The van der Waals surface area contributed by atoms with Gasteiger partial charge in [-0.2, -0.15) is 5.10 Å². The minimum absolute atomic E-state index is 0.145. The lowest BCUT2D eigenvalue weighted by Crippen LogP contribution is -2.35. The van der Waals surface area contributed by atoms with Gasteiger partial charge in [0.1, 0.15) is 0 Å². The van der Waals surface area contributed by atoms with E-state index in [0.29, 0.717) is 6.54 Å². The van der Waals surface area contributed by atoms with Crippen molar-refractivity contribution in [3.8, 4) is 11.1 Å². The highest BCUT2D eigenvalue weighted by molar-refractivity contribution is 5.86. The molecule has 1 aliphatic rings. The number of aromatic amines is 1. The summed E-state index contributed by atoms with van der Waals surface area (Å²) in [5, 5.41) is 21.9. The van der Waals surface area contributed by atoms with Crippen LogP contribution in [0, 0.1) is 0 Å². The maximum absolute atomic E-state index is 9.73. The van der Waals surface area contributed by atoms with Crippen LogP contribution in [0.3, 0.4) is 0 Å². The fourth-order valence-electron chi connectivity index (χ4n) is 4.19. The Labute approximate surface area is 181 Å². The van der Waals surface area contributed by atoms with Crippen molar-refractivity contribution in [1.82, 2.24) is 20.1 Å². The summed E-state index contributed by atoms with van der Waals surface area (Å²) in [6.45, 7) is 3.42. The molecule has 1 aliphatic heterocycles. The molecule has 0 radical (unpaired) electrons. The van der Waals surface area contributed by atoms with Crippen molar-refractivity contribution in [2.45, 2.75) is 32.0 Å². The zero-order chi connectivity index (χ0) is 21.0. The molecule has 3 heterocycles. The van der Waals surface area contributed by atoms with Gasteiger partial charge in [-0.1, -0.05) is 24.3 Å². The molecular formula is C25H27N5O. The number of para-hydroxylation sites is 1. The smallest absolute Gasteiger partial charge is 0.0924 e. The Morgan fingerprint density at radius 1 is 1.00 bits per heavy atom. The van der Waals surface area contributed by atoms with Crippen molar-refractivity contribution in [2.24, 2.45) is 0 Å². The zero-order valence-electron chi connectivity index (χ0n) is 17.5. The van der Waals surface area contributed by atoms with Gasteiger partial charge in [0.05, 0.1) is 23.9 Å². The van der Waals surface area contributed by atoms with Gasteiger partial charge >= 0.3 is 0 Å². The van der Waals surface area contributed by atoms with Crippen LogP contribution in [0.1, 0.15) is 24.1 Å². The molecule has 1 fully saturated rings. The van der Waals surface area contributed by atoms with Crippen LogP contribution in [0.2, 0.25) is 0 Å². The molecule has 2 aromatic carbocycles. The number of aliphatic hydroxyl groups is 1. The first-order valence-electron chi connectivity index (χ1n) is 10.9. The number of likely N-dealkylation sites (tertiary alicyclic amines) is 1. The lowest BCUT2D eigenvalue weighted by Gasteiger charge is -2.29. The average molecular weight is 414 g/mol. The summed E-state index contributed by atoms with van der Waals surface area (Å²) >= 11 is 0. The number of piperidine rings is 1. The second-order valence-electron chi connectivity index (χ2n) is 8.24. The Bertz CT molecular complexity index is 1150. The van der Waals surface area contributed by atoms with E-state index in [0.717, 1.165) is 65.9 Å². The monoisotopic (exact) mass is 413 g/mol. The molecule has 31 heavy (non-hydrogen) atoms. The number of nitrogens with zero attached hydrogens (tertiary/aromatic N) is 3. The van der Waals surface area contributed by atoms with Crippen molar-refractivity contribution >= 4 is 16.6 Å². The second kappa shape index (κ2) is 8.88. The van der Waals surface area contributed by atoms with E-state index in [4.69, 9.17) is 0 Å². The van der Waals surface area contributed by atoms with Gasteiger partial charge in [0.15, 0.2) is 0 Å². The largest absolute Gasteiger partial charge is 0.393 e. The number of aliphatic hydroxyl groups excluding tert-OH is 1. The van der Waals surface area contributed by atoms with Crippen LogP contribution < -0.4 is 5.32 Å². The summed E-state index contributed by atoms with van der Waals surface area (Å²) in [6.07, 6.45) is 5.42. The first-order chi connectivity index (χ1) is 15.2. The summed E-state index contributed by atoms with van der Waals surface area (Å²) in [5.74, 6) is 0. The first kappa shape index (κ1) is 19.7. The van der Waals surface area contributed by atoms with E-state index < -0.39 is 0 Å². The van der Waals surface area contributed by atoms with E-state index >= 15 is 0 Å². The summed E-state index contributed by atoms with van der Waals surface area (Å²) in [4.78, 5) is 6.88. The molecule has 6 nitrogen and oxygen atoms in total. The highest BCUT2D eigenvalue weighted by Crippen LogP contribution is 2.26. The van der Waals surface area contributed by atoms with Crippen molar-refractivity contribution in [2.75, 3.05) is 18.4 Å². The van der Waals surface area contributed by atoms with Gasteiger partial charge in [0.25, 0.3) is 0 Å². The molecule has 0 aliphatic carbocycles. The lowest BCUT2D eigenvalue weighted by atomic mass is 10.0. The number of nitrogens with one attached hydrogen (secondary N) is 2.